The number of hydrogen-bond donors (Lipinski definition) is 4. The lowest BCUT2D eigenvalue weighted by atomic mass is 9.93. The second kappa shape index (κ2) is 14.8. The first kappa shape index (κ1) is 31.3. The molecule has 0 aliphatic rings. The van der Waals surface area contributed by atoms with Gasteiger partial charge in [-0.05, 0) is 85.9 Å². The Hall–Kier alpha value is -2.71. The Bertz CT molecular complexity index is 1110. The van der Waals surface area contributed by atoms with Crippen LogP contribution in [0.3, 0.4) is 0 Å². The molecule has 0 aliphatic heterocycles. The molecule has 0 radical (unpaired) electrons. The van der Waals surface area contributed by atoms with Crippen LogP contribution in [-0.4, -0.2) is 64.0 Å². The minimum absolute atomic E-state index is 0. The maximum Gasteiger partial charge on any atom is 0.362 e. The van der Waals surface area contributed by atoms with Crippen molar-refractivity contribution in [2.45, 2.75) is 26.7 Å². The molecule has 3 aromatic carbocycles. The molecule has 0 aromatic heterocycles. The predicted octanol–water partition coefficient (Wildman–Crippen LogP) is 3.42. The molecule has 0 bridgehead atoms. The number of aliphatic hydroxyl groups is 1. The van der Waals surface area contributed by atoms with Gasteiger partial charge in [0, 0.05) is 13.0 Å². The third-order valence-electron chi connectivity index (χ3n) is 5.38. The molecule has 3 aromatic rings. The Labute approximate surface area is 213 Å². The average molecular weight is 520 g/mol. The maximum atomic E-state index is 11.0. The summed E-state index contributed by atoms with van der Waals surface area (Å²) in [5.41, 5.74) is 6.21. The van der Waals surface area contributed by atoms with Crippen LogP contribution in [0, 0.1) is 13.8 Å². The van der Waals surface area contributed by atoms with Gasteiger partial charge in [-0.1, -0.05) is 42.5 Å². The van der Waals surface area contributed by atoms with E-state index in [0.29, 0.717) is 18.6 Å². The van der Waals surface area contributed by atoms with Gasteiger partial charge in [0.1, 0.15) is 11.5 Å². The number of aliphatic hydroxyl groups excluding tert-OH is 1. The Balaban J connectivity index is 0.000000827. The molecule has 198 valence electrons. The van der Waals surface area contributed by atoms with Crippen molar-refractivity contribution in [3.05, 3.63) is 94.0 Å². The number of aromatic hydroxyl groups is 1. The van der Waals surface area contributed by atoms with Gasteiger partial charge in [0.05, 0.1) is 6.61 Å². The SMILES string of the molecule is CN(C)CCO.Cc1cc(OCP(=O)(O)O)cc(C)c1Cc1ccc(O)c(Cc2ccccc2)c1.O. The second-order valence-electron chi connectivity index (χ2n) is 8.80. The van der Waals surface area contributed by atoms with Crippen LogP contribution in [0.25, 0.3) is 0 Å². The van der Waals surface area contributed by atoms with Crippen molar-refractivity contribution in [1.82, 2.24) is 4.90 Å². The molecule has 0 saturated heterocycles. The molecule has 0 spiro atoms. The molecule has 0 saturated carbocycles. The van der Waals surface area contributed by atoms with E-state index in [-0.39, 0.29) is 17.8 Å². The van der Waals surface area contributed by atoms with Crippen molar-refractivity contribution in [2.75, 3.05) is 33.6 Å². The summed E-state index contributed by atoms with van der Waals surface area (Å²) >= 11 is 0. The summed E-state index contributed by atoms with van der Waals surface area (Å²) in [6, 6.07) is 19.3. The van der Waals surface area contributed by atoms with Crippen LogP contribution in [0.1, 0.15) is 33.4 Å². The van der Waals surface area contributed by atoms with Crippen LogP contribution in [-0.2, 0) is 17.4 Å². The second-order valence-corrected chi connectivity index (χ2v) is 10.4. The molecule has 3 rings (SSSR count). The topological polar surface area (TPSA) is 142 Å². The molecule has 8 nitrogen and oxygen atoms in total. The Morgan fingerprint density at radius 1 is 0.889 bits per heavy atom. The van der Waals surface area contributed by atoms with E-state index >= 15 is 0 Å². The van der Waals surface area contributed by atoms with E-state index in [9.17, 15) is 9.67 Å². The van der Waals surface area contributed by atoms with Gasteiger partial charge in [0.15, 0.2) is 6.35 Å². The lowest BCUT2D eigenvalue weighted by Crippen LogP contribution is -2.15. The normalized spacial score (nSPS) is 10.9. The number of ether oxygens (including phenoxy) is 1. The number of rotatable bonds is 9. The van der Waals surface area contributed by atoms with Crippen LogP contribution in [0.5, 0.6) is 11.5 Å². The van der Waals surface area contributed by atoms with Crippen molar-refractivity contribution in [3.8, 4) is 11.5 Å². The van der Waals surface area contributed by atoms with Crippen molar-refractivity contribution in [3.63, 3.8) is 0 Å². The van der Waals surface area contributed by atoms with Crippen LogP contribution in [0.2, 0.25) is 0 Å². The third-order valence-corrected chi connectivity index (χ3v) is 5.84. The largest absolute Gasteiger partial charge is 0.508 e. The molecular formula is C27H38NO7P. The van der Waals surface area contributed by atoms with Crippen LogP contribution in [0.4, 0.5) is 0 Å². The smallest absolute Gasteiger partial charge is 0.362 e. The highest BCUT2D eigenvalue weighted by Crippen LogP contribution is 2.35. The van der Waals surface area contributed by atoms with Crippen molar-refractivity contribution >= 4 is 7.60 Å². The zero-order chi connectivity index (χ0) is 26.0. The molecule has 0 aliphatic carbocycles. The zero-order valence-corrected chi connectivity index (χ0v) is 22.2. The molecular weight excluding hydrogens is 481 g/mol. The Morgan fingerprint density at radius 2 is 1.50 bits per heavy atom. The number of phenols is 1. The summed E-state index contributed by atoms with van der Waals surface area (Å²) in [6.45, 7) is 4.93. The molecule has 9 heteroatoms. The molecule has 0 fully saturated rings. The molecule has 0 atom stereocenters. The highest BCUT2D eigenvalue weighted by atomic mass is 31.2. The minimum Gasteiger partial charge on any atom is -0.508 e. The summed E-state index contributed by atoms with van der Waals surface area (Å²) in [6.07, 6.45) is 0.720. The lowest BCUT2D eigenvalue weighted by molar-refractivity contribution is 0.243. The first-order valence-corrected chi connectivity index (χ1v) is 13.2. The van der Waals surface area contributed by atoms with Crippen LogP contribution < -0.4 is 4.74 Å². The van der Waals surface area contributed by atoms with E-state index in [1.165, 1.54) is 0 Å². The van der Waals surface area contributed by atoms with Gasteiger partial charge < -0.3 is 35.1 Å². The van der Waals surface area contributed by atoms with E-state index in [2.05, 4.69) is 0 Å². The standard InChI is InChI=1S/C23H25O5P.C4H11NO.H2O/c1-16-10-21(28-15-29(25,26)27)11-17(2)22(16)14-19-8-9-23(24)20(13-19)12-18-6-4-3-5-7-18;1-5(2)3-4-6;/h3-11,13,24H,12,14-15H2,1-2H3,(H2,25,26,27);6H,3-4H2,1-2H3;1H2. The fourth-order valence-corrected chi connectivity index (χ4v) is 3.90. The van der Waals surface area contributed by atoms with Crippen molar-refractivity contribution in [1.29, 1.82) is 0 Å². The maximum absolute atomic E-state index is 11.0. The predicted molar refractivity (Wildman–Crippen MR) is 143 cm³/mol. The Kier molecular flexibility index (Phi) is 12.8. The monoisotopic (exact) mass is 519 g/mol. The van der Waals surface area contributed by atoms with Gasteiger partial charge in [-0.3, -0.25) is 4.57 Å². The lowest BCUT2D eigenvalue weighted by Gasteiger charge is -2.15. The van der Waals surface area contributed by atoms with Gasteiger partial charge in [0.25, 0.3) is 0 Å². The quantitative estimate of drug-likeness (QED) is 0.317. The number of aryl methyl sites for hydroxylation is 2. The summed E-state index contributed by atoms with van der Waals surface area (Å²) in [5.74, 6) is 0.731. The number of nitrogens with zero attached hydrogens (tertiary/aromatic N) is 1. The minimum atomic E-state index is -4.21. The van der Waals surface area contributed by atoms with Gasteiger partial charge >= 0.3 is 7.60 Å². The fourth-order valence-electron chi connectivity index (χ4n) is 3.58. The Morgan fingerprint density at radius 3 is 2.00 bits per heavy atom. The van der Waals surface area contributed by atoms with E-state index in [0.717, 1.165) is 39.9 Å². The van der Waals surface area contributed by atoms with Crippen LogP contribution >= 0.6 is 7.60 Å². The highest BCUT2D eigenvalue weighted by molar-refractivity contribution is 7.51. The van der Waals surface area contributed by atoms with Crippen LogP contribution in [0.15, 0.2) is 60.7 Å². The zero-order valence-electron chi connectivity index (χ0n) is 21.3. The first-order chi connectivity index (χ1) is 16.5. The van der Waals surface area contributed by atoms with Gasteiger partial charge in [-0.2, -0.15) is 0 Å². The summed E-state index contributed by atoms with van der Waals surface area (Å²) in [7, 11) is -0.360. The summed E-state index contributed by atoms with van der Waals surface area (Å²) < 4.78 is 16.3. The van der Waals surface area contributed by atoms with Crippen molar-refractivity contribution in [2.24, 2.45) is 0 Å². The van der Waals surface area contributed by atoms with Crippen molar-refractivity contribution < 1.29 is 34.8 Å². The number of phenolic OH excluding ortho intramolecular Hbond substituents is 1. The van der Waals surface area contributed by atoms with Gasteiger partial charge in [-0.25, -0.2) is 0 Å². The van der Waals surface area contributed by atoms with Gasteiger partial charge in [-0.15, -0.1) is 0 Å². The molecule has 0 unspecified atom stereocenters. The first-order valence-electron chi connectivity index (χ1n) is 11.4. The number of benzene rings is 3. The summed E-state index contributed by atoms with van der Waals surface area (Å²) in [5, 5.41) is 18.4. The highest BCUT2D eigenvalue weighted by Gasteiger charge is 2.15. The number of likely N-dealkylation sites (N-methyl/N-ethyl adjacent to an activating group) is 1. The van der Waals surface area contributed by atoms with E-state index < -0.39 is 13.9 Å². The number of hydrogen-bond acceptors (Lipinski definition) is 5. The van der Waals surface area contributed by atoms with E-state index in [4.69, 9.17) is 19.6 Å². The average Bonchev–Trinajstić information content (AvgIpc) is 2.77. The summed E-state index contributed by atoms with van der Waals surface area (Å²) in [4.78, 5) is 19.9. The molecule has 0 amide bonds. The van der Waals surface area contributed by atoms with E-state index in [1.807, 2.05) is 75.3 Å². The third kappa shape index (κ3) is 10.9. The van der Waals surface area contributed by atoms with Gasteiger partial charge in [0.2, 0.25) is 0 Å². The molecule has 36 heavy (non-hydrogen) atoms. The molecule has 0 heterocycles. The molecule has 6 N–H and O–H groups in total. The fraction of sp³-hybridized carbons (Fsp3) is 0.333. The van der Waals surface area contributed by atoms with E-state index in [1.54, 1.807) is 18.2 Å².